The zero-order chi connectivity index (χ0) is 10.3. The molecule has 1 spiro atoms. The zero-order valence-corrected chi connectivity index (χ0v) is 8.77. The summed E-state index contributed by atoms with van der Waals surface area (Å²) in [6.07, 6.45) is 1.82. The fourth-order valence-corrected chi connectivity index (χ4v) is 2.32. The number of morpholine rings is 1. The summed E-state index contributed by atoms with van der Waals surface area (Å²) in [6, 6.07) is 2.24. The topological polar surface area (TPSA) is 48.3 Å². The first-order chi connectivity index (χ1) is 7.32. The maximum absolute atomic E-state index is 5.86. The van der Waals surface area contributed by atoms with E-state index in [1.807, 2.05) is 24.0 Å². The molecule has 15 heavy (non-hydrogen) atoms. The second-order valence-electron chi connectivity index (χ2n) is 4.17. The fourth-order valence-electron chi connectivity index (χ4n) is 2.32. The van der Waals surface area contributed by atoms with Crippen molar-refractivity contribution in [3.8, 4) is 0 Å². The van der Waals surface area contributed by atoms with Gasteiger partial charge in [0.25, 0.3) is 0 Å². The summed E-state index contributed by atoms with van der Waals surface area (Å²) in [6.45, 7) is 3.00. The Kier molecular flexibility index (Phi) is 2.05. The van der Waals surface area contributed by atoms with Crippen molar-refractivity contribution in [1.82, 2.24) is 15.1 Å². The molecule has 5 nitrogen and oxygen atoms in total. The van der Waals surface area contributed by atoms with Gasteiger partial charge < -0.3 is 14.8 Å². The number of hydrogen-bond acceptors (Lipinski definition) is 4. The van der Waals surface area contributed by atoms with Gasteiger partial charge in [-0.25, -0.2) is 0 Å². The second-order valence-corrected chi connectivity index (χ2v) is 4.17. The highest BCUT2D eigenvalue weighted by molar-refractivity contribution is 5.16. The largest absolute Gasteiger partial charge is 0.375 e. The summed E-state index contributed by atoms with van der Waals surface area (Å²) >= 11 is 0. The summed E-state index contributed by atoms with van der Waals surface area (Å²) in [7, 11) is 1.96. The van der Waals surface area contributed by atoms with Gasteiger partial charge in [0, 0.05) is 19.8 Å². The Balaban J connectivity index is 1.92. The highest BCUT2D eigenvalue weighted by Crippen LogP contribution is 2.37. The lowest BCUT2D eigenvalue weighted by atomic mass is 9.88. The minimum Gasteiger partial charge on any atom is -0.375 e. The summed E-state index contributed by atoms with van der Waals surface area (Å²) in [5.41, 5.74) is 1.00. The first kappa shape index (κ1) is 9.33. The Morgan fingerprint density at radius 1 is 1.60 bits per heavy atom. The Labute approximate surface area is 88.4 Å². The Bertz CT molecular complexity index is 359. The molecule has 2 aliphatic rings. The number of nitrogens with zero attached hydrogens (tertiary/aromatic N) is 2. The van der Waals surface area contributed by atoms with Crippen LogP contribution in [-0.2, 0) is 16.5 Å². The van der Waals surface area contributed by atoms with Crippen molar-refractivity contribution in [2.24, 2.45) is 7.05 Å². The number of rotatable bonds is 1. The van der Waals surface area contributed by atoms with Crippen LogP contribution in [0.5, 0.6) is 0 Å². The quantitative estimate of drug-likeness (QED) is 0.699. The normalized spacial score (nSPS) is 29.0. The third-order valence-corrected chi connectivity index (χ3v) is 3.21. The molecule has 1 atom stereocenters. The van der Waals surface area contributed by atoms with Gasteiger partial charge in [0.05, 0.1) is 31.6 Å². The molecule has 0 radical (unpaired) electrons. The molecule has 3 heterocycles. The molecular formula is C10H15N3O2. The van der Waals surface area contributed by atoms with E-state index >= 15 is 0 Å². The van der Waals surface area contributed by atoms with Crippen LogP contribution in [-0.4, -0.2) is 41.7 Å². The zero-order valence-electron chi connectivity index (χ0n) is 8.77. The molecule has 2 saturated heterocycles. The third-order valence-electron chi connectivity index (χ3n) is 3.21. The van der Waals surface area contributed by atoms with E-state index in [9.17, 15) is 0 Å². The molecule has 0 saturated carbocycles. The van der Waals surface area contributed by atoms with Crippen molar-refractivity contribution in [1.29, 1.82) is 0 Å². The number of nitrogens with one attached hydrogen (secondary N) is 1. The highest BCUT2D eigenvalue weighted by atomic mass is 16.6. The molecule has 2 fully saturated rings. The van der Waals surface area contributed by atoms with Crippen molar-refractivity contribution in [2.75, 3.05) is 26.4 Å². The van der Waals surface area contributed by atoms with Crippen LogP contribution in [0.3, 0.4) is 0 Å². The van der Waals surface area contributed by atoms with Gasteiger partial charge in [0.15, 0.2) is 0 Å². The predicted molar refractivity (Wildman–Crippen MR) is 53.5 cm³/mol. The van der Waals surface area contributed by atoms with Crippen LogP contribution in [0.15, 0.2) is 12.3 Å². The molecule has 1 aromatic heterocycles. The molecule has 1 unspecified atom stereocenters. The van der Waals surface area contributed by atoms with Crippen LogP contribution in [0.2, 0.25) is 0 Å². The van der Waals surface area contributed by atoms with Gasteiger partial charge in [-0.3, -0.25) is 4.68 Å². The monoisotopic (exact) mass is 209 g/mol. The van der Waals surface area contributed by atoms with Crippen molar-refractivity contribution < 1.29 is 9.47 Å². The first-order valence-corrected chi connectivity index (χ1v) is 5.25. The van der Waals surface area contributed by atoms with Crippen molar-refractivity contribution >= 4 is 0 Å². The van der Waals surface area contributed by atoms with E-state index < -0.39 is 0 Å². The molecular weight excluding hydrogens is 194 g/mol. The summed E-state index contributed by atoms with van der Waals surface area (Å²) < 4.78 is 13.0. The molecule has 3 rings (SSSR count). The van der Waals surface area contributed by atoms with Gasteiger partial charge in [0.2, 0.25) is 0 Å². The van der Waals surface area contributed by atoms with Crippen LogP contribution in [0.4, 0.5) is 0 Å². The van der Waals surface area contributed by atoms with E-state index in [2.05, 4.69) is 10.4 Å². The Hall–Kier alpha value is -0.910. The number of aryl methyl sites for hydroxylation is 1. The van der Waals surface area contributed by atoms with Gasteiger partial charge in [-0.15, -0.1) is 0 Å². The summed E-state index contributed by atoms with van der Waals surface area (Å²) in [4.78, 5) is 0. The fraction of sp³-hybridized carbons (Fsp3) is 0.700. The number of aromatic nitrogens is 2. The first-order valence-electron chi connectivity index (χ1n) is 5.25. The molecule has 1 aromatic rings. The molecule has 0 bridgehead atoms. The lowest BCUT2D eigenvalue weighted by Crippen LogP contribution is -2.63. The lowest BCUT2D eigenvalue weighted by molar-refractivity contribution is -0.240. The number of hydrogen-bond donors (Lipinski definition) is 1. The van der Waals surface area contributed by atoms with Gasteiger partial charge in [-0.1, -0.05) is 0 Å². The molecule has 0 aliphatic carbocycles. The predicted octanol–water partition coefficient (Wildman–Crippen LogP) is -0.150. The molecule has 2 aliphatic heterocycles. The van der Waals surface area contributed by atoms with Crippen molar-refractivity contribution in [2.45, 2.75) is 11.6 Å². The van der Waals surface area contributed by atoms with E-state index in [1.165, 1.54) is 0 Å². The van der Waals surface area contributed by atoms with E-state index in [-0.39, 0.29) is 11.6 Å². The van der Waals surface area contributed by atoms with Crippen molar-refractivity contribution in [3.05, 3.63) is 18.0 Å². The van der Waals surface area contributed by atoms with Gasteiger partial charge in [0.1, 0.15) is 5.60 Å². The molecule has 1 N–H and O–H groups in total. The Morgan fingerprint density at radius 3 is 3.07 bits per heavy atom. The van der Waals surface area contributed by atoms with E-state index in [0.29, 0.717) is 13.2 Å². The standard InChI is InChI=1S/C10H15N3O2/c1-13-8(2-3-12-13)9-10(6-14-7-10)15-5-4-11-9/h2-3,9,11H,4-7H2,1H3. The smallest absolute Gasteiger partial charge is 0.135 e. The van der Waals surface area contributed by atoms with Crippen LogP contribution in [0, 0.1) is 0 Å². The third kappa shape index (κ3) is 1.31. The SMILES string of the molecule is Cn1nccc1C1NCCOC12COC2. The molecule has 5 heteroatoms. The molecule has 82 valence electrons. The maximum Gasteiger partial charge on any atom is 0.135 e. The number of ether oxygens (including phenoxy) is 2. The van der Waals surface area contributed by atoms with Crippen LogP contribution >= 0.6 is 0 Å². The van der Waals surface area contributed by atoms with E-state index in [0.717, 1.165) is 18.8 Å². The molecule has 0 aromatic carbocycles. The molecule has 0 amide bonds. The highest BCUT2D eigenvalue weighted by Gasteiger charge is 2.50. The van der Waals surface area contributed by atoms with Gasteiger partial charge in [-0.05, 0) is 6.07 Å². The summed E-state index contributed by atoms with van der Waals surface area (Å²) in [5, 5.41) is 7.69. The van der Waals surface area contributed by atoms with Gasteiger partial charge in [-0.2, -0.15) is 5.10 Å². The lowest BCUT2D eigenvalue weighted by Gasteiger charge is -2.49. The Morgan fingerprint density at radius 2 is 2.47 bits per heavy atom. The average Bonchev–Trinajstić information content (AvgIpc) is 2.62. The van der Waals surface area contributed by atoms with Crippen LogP contribution < -0.4 is 5.32 Å². The van der Waals surface area contributed by atoms with Crippen LogP contribution in [0.25, 0.3) is 0 Å². The average molecular weight is 209 g/mol. The van der Waals surface area contributed by atoms with E-state index in [1.54, 1.807) is 0 Å². The van der Waals surface area contributed by atoms with Crippen molar-refractivity contribution in [3.63, 3.8) is 0 Å². The van der Waals surface area contributed by atoms with E-state index in [4.69, 9.17) is 9.47 Å². The summed E-state index contributed by atoms with van der Waals surface area (Å²) in [5.74, 6) is 0. The van der Waals surface area contributed by atoms with Gasteiger partial charge >= 0.3 is 0 Å². The minimum atomic E-state index is -0.161. The maximum atomic E-state index is 5.86. The minimum absolute atomic E-state index is 0.161. The van der Waals surface area contributed by atoms with Crippen LogP contribution in [0.1, 0.15) is 11.7 Å². The second kappa shape index (κ2) is 3.30.